The first-order chi connectivity index (χ1) is 10.4. The van der Waals surface area contributed by atoms with Crippen LogP contribution in [-0.4, -0.2) is 4.98 Å². The lowest BCUT2D eigenvalue weighted by Gasteiger charge is -2.02. The molecule has 21 heavy (non-hydrogen) atoms. The fourth-order valence-electron chi connectivity index (χ4n) is 2.08. The van der Waals surface area contributed by atoms with Crippen LogP contribution in [0.1, 0.15) is 9.88 Å². The van der Waals surface area contributed by atoms with Crippen LogP contribution in [0.3, 0.4) is 0 Å². The Labute approximate surface area is 128 Å². The van der Waals surface area contributed by atoms with Gasteiger partial charge < -0.3 is 10.5 Å². The van der Waals surface area contributed by atoms with Crippen molar-refractivity contribution in [1.29, 1.82) is 0 Å². The average Bonchev–Trinajstić information content (AvgIpc) is 2.98. The third kappa shape index (κ3) is 3.29. The molecule has 1 aromatic heterocycles. The SMILES string of the molecule is NCc1sc(COc2ccccc2)nc1-c1ccccc1. The summed E-state index contributed by atoms with van der Waals surface area (Å²) in [6.45, 7) is 0.960. The number of hydrogen-bond acceptors (Lipinski definition) is 4. The predicted molar refractivity (Wildman–Crippen MR) is 86.2 cm³/mol. The molecule has 0 radical (unpaired) electrons. The Morgan fingerprint density at radius 2 is 1.62 bits per heavy atom. The Kier molecular flexibility index (Phi) is 4.28. The largest absolute Gasteiger partial charge is 0.486 e. The maximum Gasteiger partial charge on any atom is 0.140 e. The lowest BCUT2D eigenvalue weighted by Crippen LogP contribution is -1.95. The summed E-state index contributed by atoms with van der Waals surface area (Å²) in [5.41, 5.74) is 7.90. The Balaban J connectivity index is 1.80. The summed E-state index contributed by atoms with van der Waals surface area (Å²) in [7, 11) is 0. The topological polar surface area (TPSA) is 48.1 Å². The van der Waals surface area contributed by atoms with E-state index in [1.807, 2.05) is 48.5 Å². The second-order valence-corrected chi connectivity index (χ2v) is 5.72. The number of benzene rings is 2. The lowest BCUT2D eigenvalue weighted by molar-refractivity contribution is 0.305. The maximum absolute atomic E-state index is 5.84. The van der Waals surface area contributed by atoms with Gasteiger partial charge in [0, 0.05) is 17.0 Å². The minimum absolute atomic E-state index is 0.467. The zero-order chi connectivity index (χ0) is 14.5. The molecule has 3 rings (SSSR count). The van der Waals surface area contributed by atoms with E-state index in [0.29, 0.717) is 13.2 Å². The van der Waals surface area contributed by atoms with Crippen LogP contribution in [0.5, 0.6) is 5.75 Å². The fraction of sp³-hybridized carbons (Fsp3) is 0.118. The monoisotopic (exact) mass is 296 g/mol. The molecule has 0 aliphatic carbocycles. The highest BCUT2D eigenvalue weighted by molar-refractivity contribution is 7.12. The molecule has 0 saturated heterocycles. The van der Waals surface area contributed by atoms with Crippen LogP contribution in [0.15, 0.2) is 60.7 Å². The first-order valence-electron chi connectivity index (χ1n) is 6.78. The molecule has 3 aromatic rings. The van der Waals surface area contributed by atoms with Gasteiger partial charge in [-0.15, -0.1) is 11.3 Å². The highest BCUT2D eigenvalue weighted by Gasteiger charge is 2.12. The predicted octanol–water partition coefficient (Wildman–Crippen LogP) is 3.85. The van der Waals surface area contributed by atoms with Crippen molar-refractivity contribution in [2.24, 2.45) is 5.73 Å². The smallest absolute Gasteiger partial charge is 0.140 e. The summed E-state index contributed by atoms with van der Waals surface area (Å²) < 4.78 is 5.75. The van der Waals surface area contributed by atoms with E-state index in [2.05, 4.69) is 17.1 Å². The molecular formula is C17H16N2OS. The Morgan fingerprint density at radius 1 is 0.952 bits per heavy atom. The minimum atomic E-state index is 0.467. The van der Waals surface area contributed by atoms with Crippen molar-refractivity contribution in [3.05, 3.63) is 70.5 Å². The van der Waals surface area contributed by atoms with Crippen LogP contribution in [0.2, 0.25) is 0 Å². The molecule has 0 unspecified atom stereocenters. The van der Waals surface area contributed by atoms with E-state index in [1.165, 1.54) is 0 Å². The van der Waals surface area contributed by atoms with E-state index in [4.69, 9.17) is 10.5 Å². The molecule has 2 N–H and O–H groups in total. The van der Waals surface area contributed by atoms with Crippen molar-refractivity contribution >= 4 is 11.3 Å². The van der Waals surface area contributed by atoms with Gasteiger partial charge in [-0.25, -0.2) is 4.98 Å². The number of aromatic nitrogens is 1. The molecule has 2 aromatic carbocycles. The Morgan fingerprint density at radius 3 is 2.29 bits per heavy atom. The normalized spacial score (nSPS) is 10.5. The van der Waals surface area contributed by atoms with E-state index in [9.17, 15) is 0 Å². The van der Waals surface area contributed by atoms with Crippen molar-refractivity contribution in [1.82, 2.24) is 4.98 Å². The second kappa shape index (κ2) is 6.52. The van der Waals surface area contributed by atoms with Crippen LogP contribution in [0.4, 0.5) is 0 Å². The number of nitrogens with two attached hydrogens (primary N) is 1. The van der Waals surface area contributed by atoms with Crippen molar-refractivity contribution in [2.75, 3.05) is 0 Å². The molecule has 0 amide bonds. The van der Waals surface area contributed by atoms with Gasteiger partial charge in [-0.05, 0) is 12.1 Å². The standard InChI is InChI=1S/C17H16N2OS/c18-11-15-17(13-7-3-1-4-8-13)19-16(21-15)12-20-14-9-5-2-6-10-14/h1-10H,11-12,18H2. The highest BCUT2D eigenvalue weighted by Crippen LogP contribution is 2.28. The third-order valence-corrected chi connectivity index (χ3v) is 4.13. The zero-order valence-corrected chi connectivity index (χ0v) is 12.3. The quantitative estimate of drug-likeness (QED) is 0.778. The minimum Gasteiger partial charge on any atom is -0.486 e. The Bertz CT molecular complexity index is 695. The summed E-state index contributed by atoms with van der Waals surface area (Å²) in [6, 6.07) is 19.9. The molecule has 0 atom stereocenters. The van der Waals surface area contributed by atoms with Gasteiger partial charge in [0.2, 0.25) is 0 Å². The molecule has 0 saturated carbocycles. The number of nitrogens with zero attached hydrogens (tertiary/aromatic N) is 1. The third-order valence-electron chi connectivity index (χ3n) is 3.08. The number of hydrogen-bond donors (Lipinski definition) is 1. The zero-order valence-electron chi connectivity index (χ0n) is 11.5. The van der Waals surface area contributed by atoms with Gasteiger partial charge in [-0.2, -0.15) is 0 Å². The van der Waals surface area contributed by atoms with E-state index in [-0.39, 0.29) is 0 Å². The lowest BCUT2D eigenvalue weighted by atomic mass is 10.1. The first-order valence-corrected chi connectivity index (χ1v) is 7.60. The van der Waals surface area contributed by atoms with Gasteiger partial charge in [-0.1, -0.05) is 48.5 Å². The van der Waals surface area contributed by atoms with E-state index < -0.39 is 0 Å². The van der Waals surface area contributed by atoms with E-state index in [1.54, 1.807) is 11.3 Å². The second-order valence-electron chi connectivity index (χ2n) is 4.55. The van der Waals surface area contributed by atoms with Gasteiger partial charge in [0.25, 0.3) is 0 Å². The van der Waals surface area contributed by atoms with Gasteiger partial charge >= 0.3 is 0 Å². The van der Waals surface area contributed by atoms with Gasteiger partial charge in [0.1, 0.15) is 17.4 Å². The van der Waals surface area contributed by atoms with Crippen LogP contribution < -0.4 is 10.5 Å². The van der Waals surface area contributed by atoms with Crippen molar-refractivity contribution in [3.8, 4) is 17.0 Å². The summed E-state index contributed by atoms with van der Waals surface area (Å²) >= 11 is 1.61. The van der Waals surface area contributed by atoms with Crippen LogP contribution in [0.25, 0.3) is 11.3 Å². The van der Waals surface area contributed by atoms with Crippen molar-refractivity contribution < 1.29 is 4.74 Å². The van der Waals surface area contributed by atoms with Crippen LogP contribution in [0, 0.1) is 0 Å². The maximum atomic E-state index is 5.84. The molecule has 0 spiro atoms. The number of ether oxygens (including phenoxy) is 1. The molecule has 0 aliphatic rings. The fourth-order valence-corrected chi connectivity index (χ4v) is 2.97. The molecule has 106 valence electrons. The van der Waals surface area contributed by atoms with E-state index in [0.717, 1.165) is 26.9 Å². The molecule has 0 aliphatic heterocycles. The van der Waals surface area contributed by atoms with Gasteiger partial charge in [0.05, 0.1) is 5.69 Å². The number of para-hydroxylation sites is 1. The van der Waals surface area contributed by atoms with Crippen LogP contribution in [-0.2, 0) is 13.2 Å². The Hall–Kier alpha value is -2.17. The highest BCUT2D eigenvalue weighted by atomic mass is 32.1. The van der Waals surface area contributed by atoms with E-state index >= 15 is 0 Å². The van der Waals surface area contributed by atoms with Gasteiger partial charge in [-0.3, -0.25) is 0 Å². The number of thiazole rings is 1. The van der Waals surface area contributed by atoms with Crippen molar-refractivity contribution in [3.63, 3.8) is 0 Å². The molecule has 1 heterocycles. The molecule has 3 nitrogen and oxygen atoms in total. The summed E-state index contributed by atoms with van der Waals surface area (Å²) in [4.78, 5) is 5.77. The molecular weight excluding hydrogens is 280 g/mol. The summed E-state index contributed by atoms with van der Waals surface area (Å²) in [5, 5.41) is 0.943. The molecule has 0 fully saturated rings. The summed E-state index contributed by atoms with van der Waals surface area (Å²) in [5.74, 6) is 0.850. The van der Waals surface area contributed by atoms with Gasteiger partial charge in [0.15, 0.2) is 0 Å². The molecule has 0 bridgehead atoms. The van der Waals surface area contributed by atoms with Crippen LogP contribution >= 0.6 is 11.3 Å². The first kappa shape index (κ1) is 13.8. The number of rotatable bonds is 5. The van der Waals surface area contributed by atoms with Crippen molar-refractivity contribution in [2.45, 2.75) is 13.2 Å². The average molecular weight is 296 g/mol. The molecule has 4 heteroatoms. The summed E-state index contributed by atoms with van der Waals surface area (Å²) in [6.07, 6.45) is 0.